The van der Waals surface area contributed by atoms with Crippen molar-refractivity contribution >= 4 is 12.3 Å². The Morgan fingerprint density at radius 2 is 2.17 bits per heavy atom. The first-order valence-electron chi connectivity index (χ1n) is 3.74. The van der Waals surface area contributed by atoms with Crippen molar-refractivity contribution in [2.75, 3.05) is 13.6 Å². The van der Waals surface area contributed by atoms with Crippen LogP contribution in [0.2, 0.25) is 0 Å². The molecule has 1 unspecified atom stereocenters. The van der Waals surface area contributed by atoms with E-state index < -0.39 is 5.97 Å². The van der Waals surface area contributed by atoms with Crippen LogP contribution in [0.1, 0.15) is 13.8 Å². The minimum absolute atomic E-state index is 0.847. The van der Waals surface area contributed by atoms with Crippen molar-refractivity contribution in [3.05, 3.63) is 12.4 Å². The van der Waals surface area contributed by atoms with Gasteiger partial charge in [-0.1, -0.05) is 0 Å². The second-order valence-corrected chi connectivity index (χ2v) is 2.72. The number of carboxylic acid groups (broad SMARTS) is 1. The van der Waals surface area contributed by atoms with E-state index in [1.54, 1.807) is 0 Å². The molecule has 0 saturated carbocycles. The zero-order chi connectivity index (χ0) is 9.61. The lowest BCUT2D eigenvalue weighted by molar-refractivity contribution is -0.753. The molecule has 0 aromatic carbocycles. The van der Waals surface area contributed by atoms with Crippen LogP contribution in [0.3, 0.4) is 0 Å². The maximum absolute atomic E-state index is 8.89. The molecule has 68 valence electrons. The van der Waals surface area contributed by atoms with Crippen molar-refractivity contribution < 1.29 is 14.4 Å². The van der Waals surface area contributed by atoms with Crippen LogP contribution in [0, 0.1) is 0 Å². The van der Waals surface area contributed by atoms with Gasteiger partial charge in [-0.25, -0.2) is 4.99 Å². The molecule has 1 aliphatic rings. The quantitative estimate of drug-likeness (QED) is 0.508. The molecule has 0 aromatic rings. The van der Waals surface area contributed by atoms with Gasteiger partial charge in [-0.05, 0) is 13.8 Å². The van der Waals surface area contributed by atoms with Gasteiger partial charge < -0.3 is 9.90 Å². The van der Waals surface area contributed by atoms with E-state index in [4.69, 9.17) is 9.90 Å². The maximum Gasteiger partial charge on any atom is 0.194 e. The van der Waals surface area contributed by atoms with Gasteiger partial charge in [-0.15, -0.1) is 0 Å². The lowest BCUT2D eigenvalue weighted by Gasteiger charge is -2.18. The summed E-state index contributed by atoms with van der Waals surface area (Å²) in [4.78, 5) is 12.9. The zero-order valence-corrected chi connectivity index (χ0v) is 7.65. The molecule has 0 bridgehead atoms. The van der Waals surface area contributed by atoms with Crippen LogP contribution in [-0.4, -0.2) is 30.4 Å². The molecule has 0 amide bonds. The van der Waals surface area contributed by atoms with E-state index in [9.17, 15) is 0 Å². The van der Waals surface area contributed by atoms with Crippen LogP contribution in [0.25, 0.3) is 0 Å². The highest BCUT2D eigenvalue weighted by Crippen LogP contribution is 2.04. The average molecular weight is 170 g/mol. The third-order valence-corrected chi connectivity index (χ3v) is 1.51. The summed E-state index contributed by atoms with van der Waals surface area (Å²) in [5.74, 6) is -1.08. The molecule has 1 heterocycles. The number of quaternary nitrogens is 1. The van der Waals surface area contributed by atoms with E-state index in [2.05, 4.69) is 25.2 Å². The lowest BCUT2D eigenvalue weighted by Crippen LogP contribution is -2.33. The summed E-state index contributed by atoms with van der Waals surface area (Å²) in [6, 6.07) is 0. The molecule has 12 heavy (non-hydrogen) atoms. The Balaban J connectivity index is 0.000000261. The number of hydrogen-bond acceptors (Lipinski definition) is 3. The smallest absolute Gasteiger partial charge is 0.194 e. The summed E-state index contributed by atoms with van der Waals surface area (Å²) in [6.45, 7) is 4.20. The van der Waals surface area contributed by atoms with Crippen LogP contribution in [-0.2, 0) is 4.79 Å². The molecular formula is C8H14N2O2. The van der Waals surface area contributed by atoms with Crippen molar-refractivity contribution in [1.82, 2.24) is 0 Å². The van der Waals surface area contributed by atoms with Gasteiger partial charge in [0.1, 0.15) is 6.20 Å². The van der Waals surface area contributed by atoms with E-state index in [1.807, 2.05) is 12.5 Å². The van der Waals surface area contributed by atoms with Gasteiger partial charge >= 0.3 is 0 Å². The van der Waals surface area contributed by atoms with Crippen molar-refractivity contribution in [2.45, 2.75) is 13.8 Å². The third-order valence-electron chi connectivity index (χ3n) is 1.51. The summed E-state index contributed by atoms with van der Waals surface area (Å²) in [5, 5.41) is 8.89. The summed E-state index contributed by atoms with van der Waals surface area (Å²) in [5.41, 5.74) is 0. The number of carbonyl (C=O) groups is 1. The minimum Gasteiger partial charge on any atom is -0.550 e. The van der Waals surface area contributed by atoms with E-state index in [0.29, 0.717) is 0 Å². The van der Waals surface area contributed by atoms with E-state index in [0.717, 1.165) is 18.0 Å². The van der Waals surface area contributed by atoms with Crippen LogP contribution in [0.5, 0.6) is 0 Å². The Morgan fingerprint density at radius 1 is 1.67 bits per heavy atom. The summed E-state index contributed by atoms with van der Waals surface area (Å²) < 4.78 is 0.847. The molecule has 0 aromatic heterocycles. The van der Waals surface area contributed by atoms with Gasteiger partial charge in [0.05, 0.1) is 19.8 Å². The first-order valence-corrected chi connectivity index (χ1v) is 3.74. The maximum atomic E-state index is 8.89. The van der Waals surface area contributed by atoms with Gasteiger partial charge in [-0.3, -0.25) is 4.48 Å². The normalized spacial score (nSPS) is 24.9. The number of carboxylic acids is 1. The van der Waals surface area contributed by atoms with E-state index >= 15 is 0 Å². The van der Waals surface area contributed by atoms with Crippen molar-refractivity contribution in [3.63, 3.8) is 0 Å². The molecule has 1 atom stereocenters. The Morgan fingerprint density at radius 3 is 2.33 bits per heavy atom. The Bertz CT molecular complexity index is 193. The minimum atomic E-state index is -1.08. The molecule has 1 rings (SSSR count). The van der Waals surface area contributed by atoms with Gasteiger partial charge in [-0.2, -0.15) is 0 Å². The standard InChI is InChI=1S/C6H11N2.C2H4O2/c1-3-8(2)5-4-7-6-8;1-2(3)4/h4-6H,3H2,1-2H3;1H3,(H,3,4)/q+1;/p-1. The second-order valence-electron chi connectivity index (χ2n) is 2.72. The number of aliphatic carboxylic acids is 1. The second kappa shape index (κ2) is 4.66. The number of rotatable bonds is 1. The van der Waals surface area contributed by atoms with Gasteiger partial charge in [0.2, 0.25) is 0 Å². The van der Waals surface area contributed by atoms with Crippen molar-refractivity contribution in [2.24, 2.45) is 4.99 Å². The fourth-order valence-electron chi connectivity index (χ4n) is 0.607. The van der Waals surface area contributed by atoms with Crippen LogP contribution in [0.4, 0.5) is 0 Å². The molecule has 0 aliphatic carbocycles. The Labute approximate surface area is 72.4 Å². The zero-order valence-electron chi connectivity index (χ0n) is 7.65. The van der Waals surface area contributed by atoms with Crippen LogP contribution in [0.15, 0.2) is 17.4 Å². The summed E-state index contributed by atoms with van der Waals surface area (Å²) >= 11 is 0. The third kappa shape index (κ3) is 4.62. The first-order chi connectivity index (χ1) is 5.50. The highest BCUT2D eigenvalue weighted by molar-refractivity contribution is 5.60. The fraction of sp³-hybridized carbons (Fsp3) is 0.500. The van der Waals surface area contributed by atoms with E-state index in [-0.39, 0.29) is 0 Å². The van der Waals surface area contributed by atoms with Crippen molar-refractivity contribution in [3.8, 4) is 0 Å². The molecular weight excluding hydrogens is 156 g/mol. The molecule has 4 heteroatoms. The Hall–Kier alpha value is -1.16. The van der Waals surface area contributed by atoms with Crippen LogP contribution < -0.4 is 5.11 Å². The predicted octanol–water partition coefficient (Wildman–Crippen LogP) is -0.278. The monoisotopic (exact) mass is 170 g/mol. The molecule has 1 aliphatic heterocycles. The number of nitrogens with zero attached hydrogens (tertiary/aromatic N) is 2. The Kier molecular flexibility index (Phi) is 4.21. The van der Waals surface area contributed by atoms with E-state index in [1.165, 1.54) is 0 Å². The molecule has 0 N–H and O–H groups in total. The average Bonchev–Trinajstić information content (AvgIpc) is 2.36. The predicted molar refractivity (Wildman–Crippen MR) is 45.0 cm³/mol. The summed E-state index contributed by atoms with van der Waals surface area (Å²) in [7, 11) is 2.12. The highest BCUT2D eigenvalue weighted by atomic mass is 16.4. The fourth-order valence-corrected chi connectivity index (χ4v) is 0.607. The largest absolute Gasteiger partial charge is 0.550 e. The van der Waals surface area contributed by atoms with Crippen molar-refractivity contribution in [1.29, 1.82) is 0 Å². The number of carbonyl (C=O) groups excluding carboxylic acids is 1. The number of aliphatic imine (C=N–C) groups is 1. The molecule has 0 radical (unpaired) electrons. The van der Waals surface area contributed by atoms with Gasteiger partial charge in [0.15, 0.2) is 6.34 Å². The van der Waals surface area contributed by atoms with Gasteiger partial charge in [0, 0.05) is 5.97 Å². The SMILES string of the molecule is CC(=O)[O-].CC[N+]1(C)C=CN=C1. The summed E-state index contributed by atoms with van der Waals surface area (Å²) in [6.07, 6.45) is 5.84. The van der Waals surface area contributed by atoms with Crippen LogP contribution >= 0.6 is 0 Å². The van der Waals surface area contributed by atoms with Gasteiger partial charge in [0.25, 0.3) is 0 Å². The lowest BCUT2D eigenvalue weighted by atomic mass is 10.5. The highest BCUT2D eigenvalue weighted by Gasteiger charge is 2.14. The number of hydrogen-bond donors (Lipinski definition) is 0. The first kappa shape index (κ1) is 10.8. The molecule has 4 nitrogen and oxygen atoms in total. The topological polar surface area (TPSA) is 52.5 Å². The molecule has 0 fully saturated rings. The molecule has 0 spiro atoms. The molecule has 0 saturated heterocycles.